The van der Waals surface area contributed by atoms with Crippen LogP contribution in [0.25, 0.3) is 11.2 Å². The van der Waals surface area contributed by atoms with Gasteiger partial charge in [-0.3, -0.25) is 9.47 Å². The quantitative estimate of drug-likeness (QED) is 0.455. The first kappa shape index (κ1) is 22.1. The van der Waals surface area contributed by atoms with Crippen LogP contribution in [0.2, 0.25) is 0 Å². The average Bonchev–Trinajstić information content (AvgIpc) is 3.24. The first-order chi connectivity index (χ1) is 14.7. The summed E-state index contributed by atoms with van der Waals surface area (Å²) >= 11 is 0. The normalized spacial score (nSPS) is 30.9. The molecule has 2 aromatic rings. The number of rotatable bonds is 8. The zero-order chi connectivity index (χ0) is 22.3. The molecule has 1 saturated heterocycles. The van der Waals surface area contributed by atoms with Gasteiger partial charge in [-0.15, -0.1) is 0 Å². The molecule has 0 radical (unpaired) electrons. The Labute approximate surface area is 182 Å². The van der Waals surface area contributed by atoms with Crippen molar-refractivity contribution in [2.75, 3.05) is 18.9 Å². The number of hydrogen-bond donors (Lipinski definition) is 4. The molecule has 0 unspecified atom stereocenters. The predicted molar refractivity (Wildman–Crippen MR) is 117 cm³/mol. The first-order valence-corrected chi connectivity index (χ1v) is 11.0. The lowest BCUT2D eigenvalue weighted by Gasteiger charge is -2.46. The minimum Gasteiger partial charge on any atom is -0.385 e. The molecule has 170 valence electrons. The zero-order valence-electron chi connectivity index (χ0n) is 18.4. The van der Waals surface area contributed by atoms with E-state index < -0.39 is 17.9 Å². The van der Waals surface area contributed by atoms with Crippen LogP contribution >= 0.6 is 0 Å². The highest BCUT2D eigenvalue weighted by Crippen LogP contribution is 2.38. The molecule has 5 N–H and O–H groups in total. The Kier molecular flexibility index (Phi) is 5.99. The fourth-order valence-corrected chi connectivity index (χ4v) is 4.82. The average molecular weight is 432 g/mol. The molecule has 10 nitrogen and oxygen atoms in total. The molecule has 4 rings (SSSR count). The topological polar surface area (TPSA) is 146 Å². The van der Waals surface area contributed by atoms with Crippen molar-refractivity contribution in [2.45, 2.75) is 76.5 Å². The summed E-state index contributed by atoms with van der Waals surface area (Å²) in [5, 5.41) is 30.0. The number of nitrogens with zero attached hydrogens (tertiary/aromatic N) is 5. The van der Waals surface area contributed by atoms with Crippen LogP contribution in [0.4, 0.5) is 5.82 Å². The van der Waals surface area contributed by atoms with E-state index in [9.17, 15) is 10.2 Å². The van der Waals surface area contributed by atoms with E-state index in [1.165, 1.54) is 17.2 Å². The molecule has 0 amide bonds. The Morgan fingerprint density at radius 3 is 2.81 bits per heavy atom. The van der Waals surface area contributed by atoms with Crippen molar-refractivity contribution in [1.82, 2.24) is 24.4 Å². The van der Waals surface area contributed by atoms with Gasteiger partial charge in [-0.05, 0) is 52.4 Å². The number of hydrogen-bond acceptors (Lipinski definition) is 9. The molecule has 0 aromatic carbocycles. The molecule has 31 heavy (non-hydrogen) atoms. The van der Waals surface area contributed by atoms with Crippen molar-refractivity contribution in [1.29, 1.82) is 5.41 Å². The summed E-state index contributed by atoms with van der Waals surface area (Å²) in [4.78, 5) is 14.7. The standard InChI is InChI=1S/C21H33N7O3/c1-12(2)27(15-6-14(7-15)5-4-13(3)22)8-16-18(29)21(30,9-31-16)28-11-26-17-19(23)24-10-25-20(17)28/h10-12,14-16,18,22,29-30H,4-9H2,1-3H3,(H2,23,24,25)/t14-,15+,16-,18-,21+/m1/s1. The number of aromatic nitrogens is 4. The fourth-order valence-electron chi connectivity index (χ4n) is 4.82. The van der Waals surface area contributed by atoms with Gasteiger partial charge in [0.15, 0.2) is 17.2 Å². The zero-order valence-corrected chi connectivity index (χ0v) is 18.4. The SMILES string of the molecule is CC(=N)CC[C@H]1C[C@@H](N(C[C@H]2OC[C@@](O)(n3cnc4c(N)ncnc43)[C@@H]2O)C(C)C)C1. The van der Waals surface area contributed by atoms with Gasteiger partial charge in [0, 0.05) is 24.3 Å². The van der Waals surface area contributed by atoms with Crippen molar-refractivity contribution in [3.05, 3.63) is 12.7 Å². The lowest BCUT2D eigenvalue weighted by molar-refractivity contribution is -0.110. The molecule has 1 aliphatic heterocycles. The maximum absolute atomic E-state index is 11.3. The number of nitrogens with two attached hydrogens (primary N) is 1. The van der Waals surface area contributed by atoms with Gasteiger partial charge < -0.3 is 26.1 Å². The summed E-state index contributed by atoms with van der Waals surface area (Å²) in [6, 6.07) is 0.726. The highest BCUT2D eigenvalue weighted by atomic mass is 16.5. The molecule has 0 spiro atoms. The number of anilines is 1. The third kappa shape index (κ3) is 4.05. The Hall–Kier alpha value is -2.14. The van der Waals surface area contributed by atoms with Gasteiger partial charge in [-0.25, -0.2) is 15.0 Å². The summed E-state index contributed by atoms with van der Waals surface area (Å²) in [5.74, 6) is 0.876. The summed E-state index contributed by atoms with van der Waals surface area (Å²) in [6.45, 7) is 6.62. The molecule has 1 saturated carbocycles. The van der Waals surface area contributed by atoms with Crippen LogP contribution < -0.4 is 5.73 Å². The number of nitrogen functional groups attached to an aromatic ring is 1. The molecule has 2 fully saturated rings. The van der Waals surface area contributed by atoms with E-state index in [0.29, 0.717) is 35.7 Å². The van der Waals surface area contributed by atoms with Crippen molar-refractivity contribution in [3.63, 3.8) is 0 Å². The molecule has 2 aromatic heterocycles. The molecule has 10 heteroatoms. The largest absolute Gasteiger partial charge is 0.385 e. The fraction of sp³-hybridized carbons (Fsp3) is 0.714. The van der Waals surface area contributed by atoms with E-state index in [1.54, 1.807) is 0 Å². The summed E-state index contributed by atoms with van der Waals surface area (Å²) in [7, 11) is 0. The number of fused-ring (bicyclic) bond motifs is 1. The summed E-state index contributed by atoms with van der Waals surface area (Å²) < 4.78 is 7.33. The lowest BCUT2D eigenvalue weighted by atomic mass is 9.76. The van der Waals surface area contributed by atoms with E-state index in [2.05, 4.69) is 33.7 Å². The Morgan fingerprint density at radius 2 is 2.13 bits per heavy atom. The minimum atomic E-state index is -1.67. The van der Waals surface area contributed by atoms with Crippen LogP contribution in [0.15, 0.2) is 12.7 Å². The van der Waals surface area contributed by atoms with Gasteiger partial charge in [0.05, 0.1) is 12.9 Å². The van der Waals surface area contributed by atoms with Gasteiger partial charge in [0.2, 0.25) is 0 Å². The number of aliphatic hydroxyl groups is 2. The van der Waals surface area contributed by atoms with Crippen LogP contribution in [0.1, 0.15) is 46.5 Å². The van der Waals surface area contributed by atoms with Crippen molar-refractivity contribution in [3.8, 4) is 0 Å². The summed E-state index contributed by atoms with van der Waals surface area (Å²) in [6.07, 6.45) is 5.19. The molecule has 3 atom stereocenters. The summed E-state index contributed by atoms with van der Waals surface area (Å²) in [5.41, 5.74) is 5.67. The highest BCUT2D eigenvalue weighted by molar-refractivity contribution is 5.81. The number of nitrogens with one attached hydrogen (secondary N) is 1. The van der Waals surface area contributed by atoms with Crippen LogP contribution in [-0.2, 0) is 10.5 Å². The second kappa shape index (κ2) is 8.42. The molecule has 2 aliphatic rings. The molecule has 3 heterocycles. The van der Waals surface area contributed by atoms with Crippen molar-refractivity contribution < 1.29 is 14.9 Å². The van der Waals surface area contributed by atoms with Gasteiger partial charge in [0.1, 0.15) is 24.1 Å². The second-order valence-corrected chi connectivity index (χ2v) is 9.32. The predicted octanol–water partition coefficient (Wildman–Crippen LogP) is 1.12. The number of aliphatic hydroxyl groups excluding tert-OH is 1. The van der Waals surface area contributed by atoms with Crippen LogP contribution in [0.5, 0.6) is 0 Å². The van der Waals surface area contributed by atoms with Crippen LogP contribution in [-0.4, -0.2) is 77.8 Å². The second-order valence-electron chi connectivity index (χ2n) is 9.32. The molecule has 0 bridgehead atoms. The minimum absolute atomic E-state index is 0.0635. The van der Waals surface area contributed by atoms with E-state index in [0.717, 1.165) is 31.4 Å². The third-order valence-electron chi connectivity index (χ3n) is 6.78. The van der Waals surface area contributed by atoms with Crippen molar-refractivity contribution in [2.24, 2.45) is 5.92 Å². The monoisotopic (exact) mass is 431 g/mol. The van der Waals surface area contributed by atoms with E-state index >= 15 is 0 Å². The lowest BCUT2D eigenvalue weighted by Crippen LogP contribution is -2.54. The van der Waals surface area contributed by atoms with Crippen LogP contribution in [0, 0.1) is 11.3 Å². The Balaban J connectivity index is 1.45. The number of ether oxygens (including phenoxy) is 1. The Bertz CT molecular complexity index is 942. The molecular weight excluding hydrogens is 398 g/mol. The van der Waals surface area contributed by atoms with E-state index in [1.807, 2.05) is 6.92 Å². The molecular formula is C21H33N7O3. The van der Waals surface area contributed by atoms with Crippen molar-refractivity contribution >= 4 is 22.7 Å². The molecule has 1 aliphatic carbocycles. The maximum Gasteiger partial charge on any atom is 0.197 e. The van der Waals surface area contributed by atoms with Gasteiger partial charge in [-0.1, -0.05) is 0 Å². The highest BCUT2D eigenvalue weighted by Gasteiger charge is 2.51. The van der Waals surface area contributed by atoms with Gasteiger partial charge >= 0.3 is 0 Å². The first-order valence-electron chi connectivity index (χ1n) is 11.0. The van der Waals surface area contributed by atoms with E-state index in [-0.39, 0.29) is 12.4 Å². The Morgan fingerprint density at radius 1 is 1.39 bits per heavy atom. The number of imidazole rings is 1. The third-order valence-corrected chi connectivity index (χ3v) is 6.78. The van der Waals surface area contributed by atoms with Crippen LogP contribution in [0.3, 0.4) is 0 Å². The smallest absolute Gasteiger partial charge is 0.197 e. The maximum atomic E-state index is 11.3. The van der Waals surface area contributed by atoms with E-state index in [4.69, 9.17) is 15.9 Å². The van der Waals surface area contributed by atoms with Gasteiger partial charge in [-0.2, -0.15) is 0 Å². The van der Waals surface area contributed by atoms with Gasteiger partial charge in [0.25, 0.3) is 0 Å².